The molecule has 1 aliphatic rings. The Morgan fingerprint density at radius 3 is 2.93 bits per heavy atom. The number of thiophene rings is 1. The Balaban J connectivity index is 1.59. The molecule has 9 heteroatoms. The first-order valence-electron chi connectivity index (χ1n) is 8.02. The molecule has 4 rings (SSSR count). The van der Waals surface area contributed by atoms with Crippen molar-refractivity contribution in [1.82, 2.24) is 20.4 Å². The van der Waals surface area contributed by atoms with Crippen LogP contribution in [-0.4, -0.2) is 27.0 Å². The van der Waals surface area contributed by atoms with Crippen LogP contribution in [0.4, 0.5) is 4.79 Å². The predicted octanol–water partition coefficient (Wildman–Crippen LogP) is 2.64. The summed E-state index contributed by atoms with van der Waals surface area (Å²) in [6.45, 7) is 1.48. The molecule has 3 heterocycles. The van der Waals surface area contributed by atoms with Gasteiger partial charge in [-0.2, -0.15) is 10.2 Å². The first kappa shape index (κ1) is 16.9. The van der Waals surface area contributed by atoms with Gasteiger partial charge in [0.2, 0.25) is 11.7 Å². The lowest BCUT2D eigenvalue weighted by atomic mass is 9.91. The molecule has 1 saturated heterocycles. The van der Waals surface area contributed by atoms with Gasteiger partial charge >= 0.3 is 6.03 Å². The van der Waals surface area contributed by atoms with Crippen LogP contribution in [0.15, 0.2) is 46.3 Å². The van der Waals surface area contributed by atoms with Crippen LogP contribution in [0.5, 0.6) is 0 Å². The van der Waals surface area contributed by atoms with Gasteiger partial charge in [0.1, 0.15) is 12.1 Å². The maximum absolute atomic E-state index is 12.9. The molecule has 134 valence electrons. The highest BCUT2D eigenvalue weighted by atomic mass is 32.1. The largest absolute Gasteiger partial charge is 0.337 e. The van der Waals surface area contributed by atoms with Crippen LogP contribution in [0.3, 0.4) is 0 Å². The summed E-state index contributed by atoms with van der Waals surface area (Å²) in [5, 5.41) is 17.5. The fourth-order valence-corrected chi connectivity index (χ4v) is 3.55. The molecule has 0 saturated carbocycles. The number of nitriles is 1. The predicted molar refractivity (Wildman–Crippen MR) is 95.2 cm³/mol. The number of benzene rings is 1. The summed E-state index contributed by atoms with van der Waals surface area (Å²) in [4.78, 5) is 31.5. The Labute approximate surface area is 158 Å². The van der Waals surface area contributed by atoms with Crippen molar-refractivity contribution in [3.8, 4) is 16.8 Å². The van der Waals surface area contributed by atoms with Gasteiger partial charge in [0, 0.05) is 0 Å². The molecule has 1 aromatic carbocycles. The highest BCUT2D eigenvalue weighted by molar-refractivity contribution is 7.13. The molecule has 3 amide bonds. The second kappa shape index (κ2) is 6.34. The number of imide groups is 1. The van der Waals surface area contributed by atoms with E-state index in [0.717, 1.165) is 9.78 Å². The van der Waals surface area contributed by atoms with Crippen molar-refractivity contribution in [2.24, 2.45) is 0 Å². The lowest BCUT2D eigenvalue weighted by molar-refractivity contribution is -0.131. The lowest BCUT2D eigenvalue weighted by Crippen LogP contribution is -2.40. The molecular formula is C18H13N5O3S. The van der Waals surface area contributed by atoms with E-state index < -0.39 is 17.5 Å². The van der Waals surface area contributed by atoms with Gasteiger partial charge in [-0.15, -0.1) is 11.3 Å². The van der Waals surface area contributed by atoms with E-state index in [9.17, 15) is 9.59 Å². The standard InChI is InChI=1S/C18H13N5O3S/c1-18(12-5-2-4-11(8-12)9-19)16(24)23(17(25)21-18)10-14-20-15(22-26-14)13-6-3-7-27-13/h2-8H,10H2,1H3,(H,21,25). The molecule has 0 bridgehead atoms. The molecule has 1 aliphatic heterocycles. The van der Waals surface area contributed by atoms with Gasteiger partial charge in [-0.25, -0.2) is 4.79 Å². The molecule has 0 spiro atoms. The SMILES string of the molecule is CC1(c2cccc(C#N)c2)NC(=O)N(Cc2nc(-c3cccs3)no2)C1=O. The summed E-state index contributed by atoms with van der Waals surface area (Å²) in [7, 11) is 0. The summed E-state index contributed by atoms with van der Waals surface area (Å²) in [5.41, 5.74) is -0.320. The highest BCUT2D eigenvalue weighted by Gasteiger charge is 2.49. The van der Waals surface area contributed by atoms with Gasteiger partial charge in [0.15, 0.2) is 0 Å². The third-order valence-electron chi connectivity index (χ3n) is 4.35. The quantitative estimate of drug-likeness (QED) is 0.698. The van der Waals surface area contributed by atoms with Crippen LogP contribution in [0.25, 0.3) is 10.7 Å². The number of rotatable bonds is 4. The molecule has 1 fully saturated rings. The Morgan fingerprint density at radius 2 is 2.19 bits per heavy atom. The van der Waals surface area contributed by atoms with Crippen LogP contribution in [0.2, 0.25) is 0 Å². The maximum Gasteiger partial charge on any atom is 0.325 e. The van der Waals surface area contributed by atoms with Gasteiger partial charge in [-0.3, -0.25) is 9.69 Å². The van der Waals surface area contributed by atoms with Gasteiger partial charge in [0.25, 0.3) is 5.91 Å². The van der Waals surface area contributed by atoms with E-state index in [1.54, 1.807) is 31.2 Å². The van der Waals surface area contributed by atoms with Gasteiger partial charge in [-0.05, 0) is 36.1 Å². The van der Waals surface area contributed by atoms with E-state index in [1.165, 1.54) is 11.3 Å². The van der Waals surface area contributed by atoms with Crippen molar-refractivity contribution in [3.63, 3.8) is 0 Å². The average molecular weight is 379 g/mol. The normalized spacial score (nSPS) is 19.2. The minimum atomic E-state index is -1.26. The van der Waals surface area contributed by atoms with Crippen LogP contribution in [0, 0.1) is 11.3 Å². The van der Waals surface area contributed by atoms with Gasteiger partial charge in [-0.1, -0.05) is 23.4 Å². The molecule has 8 nitrogen and oxygen atoms in total. The molecule has 27 heavy (non-hydrogen) atoms. The zero-order chi connectivity index (χ0) is 19.0. The Hall–Kier alpha value is -3.51. The van der Waals surface area contributed by atoms with Crippen molar-refractivity contribution >= 4 is 23.3 Å². The van der Waals surface area contributed by atoms with E-state index in [-0.39, 0.29) is 12.4 Å². The van der Waals surface area contributed by atoms with E-state index >= 15 is 0 Å². The molecule has 0 aliphatic carbocycles. The molecule has 2 aromatic heterocycles. The summed E-state index contributed by atoms with van der Waals surface area (Å²) in [6, 6.07) is 11.8. The third kappa shape index (κ3) is 2.86. The highest BCUT2D eigenvalue weighted by Crippen LogP contribution is 2.30. The molecule has 1 unspecified atom stereocenters. The summed E-state index contributed by atoms with van der Waals surface area (Å²) < 4.78 is 5.19. The Kier molecular flexibility index (Phi) is 3.97. The number of carbonyl (C=O) groups is 2. The number of nitrogens with zero attached hydrogens (tertiary/aromatic N) is 4. The number of carbonyl (C=O) groups excluding carboxylic acids is 2. The van der Waals surface area contributed by atoms with Gasteiger partial charge in [0.05, 0.1) is 16.5 Å². The van der Waals surface area contributed by atoms with Crippen LogP contribution >= 0.6 is 11.3 Å². The van der Waals surface area contributed by atoms with Gasteiger partial charge < -0.3 is 9.84 Å². The first-order chi connectivity index (χ1) is 13.0. The maximum atomic E-state index is 12.9. The second-order valence-corrected chi connectivity index (χ2v) is 7.08. The molecular weight excluding hydrogens is 366 g/mol. The molecule has 3 aromatic rings. The average Bonchev–Trinajstić information content (AvgIpc) is 3.40. The van der Waals surface area contributed by atoms with E-state index in [4.69, 9.17) is 9.78 Å². The van der Waals surface area contributed by atoms with Crippen LogP contribution in [-0.2, 0) is 16.9 Å². The molecule has 1 N–H and O–H groups in total. The summed E-state index contributed by atoms with van der Waals surface area (Å²) >= 11 is 1.46. The monoisotopic (exact) mass is 379 g/mol. The number of amides is 3. The van der Waals surface area contributed by atoms with Crippen molar-refractivity contribution in [1.29, 1.82) is 5.26 Å². The number of hydrogen-bond donors (Lipinski definition) is 1. The number of hydrogen-bond acceptors (Lipinski definition) is 7. The lowest BCUT2D eigenvalue weighted by Gasteiger charge is -2.22. The fraction of sp³-hybridized carbons (Fsp3) is 0.167. The topological polar surface area (TPSA) is 112 Å². The Morgan fingerprint density at radius 1 is 1.33 bits per heavy atom. The van der Waals surface area contributed by atoms with Crippen molar-refractivity contribution in [2.75, 3.05) is 0 Å². The van der Waals surface area contributed by atoms with E-state index in [1.807, 2.05) is 23.6 Å². The third-order valence-corrected chi connectivity index (χ3v) is 5.21. The fourth-order valence-electron chi connectivity index (χ4n) is 2.90. The number of urea groups is 1. The minimum Gasteiger partial charge on any atom is -0.337 e. The summed E-state index contributed by atoms with van der Waals surface area (Å²) in [6.07, 6.45) is 0. The van der Waals surface area contributed by atoms with E-state index in [0.29, 0.717) is 17.0 Å². The van der Waals surface area contributed by atoms with Crippen LogP contribution < -0.4 is 5.32 Å². The van der Waals surface area contributed by atoms with Crippen LogP contribution in [0.1, 0.15) is 23.9 Å². The number of aromatic nitrogens is 2. The number of nitrogens with one attached hydrogen (secondary N) is 1. The first-order valence-corrected chi connectivity index (χ1v) is 8.90. The zero-order valence-corrected chi connectivity index (χ0v) is 15.0. The minimum absolute atomic E-state index is 0.128. The second-order valence-electron chi connectivity index (χ2n) is 6.13. The zero-order valence-electron chi connectivity index (χ0n) is 14.2. The Bertz CT molecular complexity index is 1070. The van der Waals surface area contributed by atoms with Crippen molar-refractivity contribution < 1.29 is 14.1 Å². The van der Waals surface area contributed by atoms with E-state index in [2.05, 4.69) is 15.5 Å². The molecule has 0 radical (unpaired) electrons. The van der Waals surface area contributed by atoms with Crippen molar-refractivity contribution in [3.05, 3.63) is 58.8 Å². The summed E-state index contributed by atoms with van der Waals surface area (Å²) in [5.74, 6) is 0.131. The molecule has 1 atom stereocenters. The van der Waals surface area contributed by atoms with Crippen molar-refractivity contribution in [2.45, 2.75) is 19.0 Å². The smallest absolute Gasteiger partial charge is 0.325 e.